The summed E-state index contributed by atoms with van der Waals surface area (Å²) in [6, 6.07) is 3.33. The Balaban J connectivity index is 2.42. The fourth-order valence-corrected chi connectivity index (χ4v) is 2.85. The second-order valence-electron chi connectivity index (χ2n) is 5.24. The number of benzene rings is 1. The van der Waals surface area contributed by atoms with Crippen LogP contribution in [0.3, 0.4) is 0 Å². The summed E-state index contributed by atoms with van der Waals surface area (Å²) in [5.41, 5.74) is -0.727. The number of hydrogen-bond acceptors (Lipinski definition) is 1. The Morgan fingerprint density at radius 3 is 2.35 bits per heavy atom. The molecule has 0 aromatic heterocycles. The van der Waals surface area contributed by atoms with Crippen LogP contribution in [0.4, 0.5) is 8.78 Å². The Labute approximate surface area is 100 Å². The van der Waals surface area contributed by atoms with Gasteiger partial charge in [0.15, 0.2) is 0 Å². The third-order valence-corrected chi connectivity index (χ3v) is 4.19. The van der Waals surface area contributed by atoms with Crippen molar-refractivity contribution >= 4 is 0 Å². The van der Waals surface area contributed by atoms with Crippen molar-refractivity contribution in [3.05, 3.63) is 35.4 Å². The van der Waals surface area contributed by atoms with E-state index in [0.717, 1.165) is 18.9 Å². The zero-order valence-electron chi connectivity index (χ0n) is 10.2. The quantitative estimate of drug-likeness (QED) is 0.795. The summed E-state index contributed by atoms with van der Waals surface area (Å²) in [7, 11) is 0. The van der Waals surface area contributed by atoms with Crippen LogP contribution >= 0.6 is 0 Å². The maximum absolute atomic E-state index is 13.2. The van der Waals surface area contributed by atoms with E-state index in [9.17, 15) is 13.9 Å². The van der Waals surface area contributed by atoms with Crippen LogP contribution < -0.4 is 0 Å². The van der Waals surface area contributed by atoms with Crippen LogP contribution in [0, 0.1) is 23.5 Å². The first-order valence-corrected chi connectivity index (χ1v) is 6.12. The van der Waals surface area contributed by atoms with Gasteiger partial charge in [0.1, 0.15) is 11.6 Å². The average molecular weight is 240 g/mol. The van der Waals surface area contributed by atoms with E-state index in [4.69, 9.17) is 0 Å². The summed E-state index contributed by atoms with van der Waals surface area (Å²) in [6.45, 7) is 4.02. The summed E-state index contributed by atoms with van der Waals surface area (Å²) >= 11 is 0. The van der Waals surface area contributed by atoms with E-state index < -0.39 is 17.2 Å². The number of rotatable bonds is 1. The zero-order valence-corrected chi connectivity index (χ0v) is 10.2. The minimum atomic E-state index is -1.10. The van der Waals surface area contributed by atoms with Gasteiger partial charge in [-0.1, -0.05) is 20.3 Å². The van der Waals surface area contributed by atoms with Crippen molar-refractivity contribution in [2.24, 2.45) is 11.8 Å². The molecule has 1 nitrogen and oxygen atoms in total. The smallest absolute Gasteiger partial charge is 0.126 e. The zero-order chi connectivity index (χ0) is 12.6. The van der Waals surface area contributed by atoms with E-state index in [-0.39, 0.29) is 5.92 Å². The fourth-order valence-electron chi connectivity index (χ4n) is 2.85. The summed E-state index contributed by atoms with van der Waals surface area (Å²) in [6.07, 6.45) is 2.52. The standard InChI is InChI=1S/C14H18F2O/c1-9-4-3-5-14(17,10(9)2)11-6-12(15)8-13(16)7-11/h6-10,17H,3-5H2,1-2H3. The van der Waals surface area contributed by atoms with E-state index >= 15 is 0 Å². The van der Waals surface area contributed by atoms with Crippen molar-refractivity contribution in [2.75, 3.05) is 0 Å². The van der Waals surface area contributed by atoms with Crippen LogP contribution in [0.25, 0.3) is 0 Å². The van der Waals surface area contributed by atoms with Crippen molar-refractivity contribution in [3.8, 4) is 0 Å². The van der Waals surface area contributed by atoms with Crippen LogP contribution in [0.1, 0.15) is 38.7 Å². The predicted octanol–water partition coefficient (Wildman–Crippen LogP) is 3.61. The van der Waals surface area contributed by atoms with Crippen LogP contribution in [-0.2, 0) is 5.60 Å². The minimum Gasteiger partial charge on any atom is -0.385 e. The van der Waals surface area contributed by atoms with E-state index in [1.165, 1.54) is 12.1 Å². The van der Waals surface area contributed by atoms with Gasteiger partial charge in [-0.15, -0.1) is 0 Å². The number of aliphatic hydroxyl groups is 1. The molecule has 0 bridgehead atoms. The van der Waals surface area contributed by atoms with Crippen molar-refractivity contribution in [1.29, 1.82) is 0 Å². The summed E-state index contributed by atoms with van der Waals surface area (Å²) < 4.78 is 26.5. The van der Waals surface area contributed by atoms with Gasteiger partial charge in [-0.25, -0.2) is 8.78 Å². The Hall–Kier alpha value is -0.960. The third-order valence-electron chi connectivity index (χ3n) is 4.19. The molecular formula is C14H18F2O. The molecule has 1 aliphatic carbocycles. The Morgan fingerprint density at radius 1 is 1.18 bits per heavy atom. The molecule has 94 valence electrons. The summed E-state index contributed by atoms with van der Waals surface area (Å²) in [4.78, 5) is 0. The van der Waals surface area contributed by atoms with Crippen LogP contribution in [-0.4, -0.2) is 5.11 Å². The molecular weight excluding hydrogens is 222 g/mol. The molecule has 3 atom stereocenters. The maximum Gasteiger partial charge on any atom is 0.126 e. The van der Waals surface area contributed by atoms with E-state index in [1.807, 2.05) is 6.92 Å². The van der Waals surface area contributed by atoms with Gasteiger partial charge in [-0.05, 0) is 42.4 Å². The highest BCUT2D eigenvalue weighted by molar-refractivity contribution is 5.26. The van der Waals surface area contributed by atoms with Crippen LogP contribution in [0.2, 0.25) is 0 Å². The van der Waals surface area contributed by atoms with Gasteiger partial charge in [0, 0.05) is 6.07 Å². The van der Waals surface area contributed by atoms with E-state index in [1.54, 1.807) is 0 Å². The first kappa shape index (κ1) is 12.5. The highest BCUT2D eigenvalue weighted by Gasteiger charge is 2.41. The Morgan fingerprint density at radius 2 is 1.76 bits per heavy atom. The van der Waals surface area contributed by atoms with Crippen LogP contribution in [0.15, 0.2) is 18.2 Å². The molecule has 1 aromatic rings. The van der Waals surface area contributed by atoms with Gasteiger partial charge in [0.05, 0.1) is 5.60 Å². The average Bonchev–Trinajstić information content (AvgIpc) is 2.24. The first-order valence-electron chi connectivity index (χ1n) is 6.12. The lowest BCUT2D eigenvalue weighted by atomic mass is 9.67. The molecule has 1 aromatic carbocycles. The molecule has 0 spiro atoms. The lowest BCUT2D eigenvalue weighted by Gasteiger charge is -2.42. The predicted molar refractivity (Wildman–Crippen MR) is 62.4 cm³/mol. The summed E-state index contributed by atoms with van der Waals surface area (Å²) in [5.74, 6) is -0.879. The molecule has 1 saturated carbocycles. The highest BCUT2D eigenvalue weighted by Crippen LogP contribution is 2.44. The van der Waals surface area contributed by atoms with Gasteiger partial charge < -0.3 is 5.11 Å². The van der Waals surface area contributed by atoms with Gasteiger partial charge in [0.25, 0.3) is 0 Å². The largest absolute Gasteiger partial charge is 0.385 e. The topological polar surface area (TPSA) is 20.2 Å². The molecule has 3 unspecified atom stereocenters. The lowest BCUT2D eigenvalue weighted by molar-refractivity contribution is -0.0692. The molecule has 1 fully saturated rings. The van der Waals surface area contributed by atoms with E-state index in [2.05, 4.69) is 6.92 Å². The SMILES string of the molecule is CC1CCCC(O)(c2cc(F)cc(F)c2)C1C. The second-order valence-corrected chi connectivity index (χ2v) is 5.24. The molecule has 0 amide bonds. The monoisotopic (exact) mass is 240 g/mol. The van der Waals surface area contributed by atoms with E-state index in [0.29, 0.717) is 17.9 Å². The van der Waals surface area contributed by atoms with Crippen molar-refractivity contribution in [1.82, 2.24) is 0 Å². The van der Waals surface area contributed by atoms with Gasteiger partial charge in [-0.2, -0.15) is 0 Å². The van der Waals surface area contributed by atoms with Gasteiger partial charge >= 0.3 is 0 Å². The molecule has 1 aliphatic rings. The molecule has 3 heteroatoms. The Bertz CT molecular complexity index is 398. The number of hydrogen-bond donors (Lipinski definition) is 1. The molecule has 2 rings (SSSR count). The Kier molecular flexibility index (Phi) is 3.21. The molecule has 0 radical (unpaired) electrons. The molecule has 17 heavy (non-hydrogen) atoms. The number of halogens is 2. The highest BCUT2D eigenvalue weighted by atomic mass is 19.1. The lowest BCUT2D eigenvalue weighted by Crippen LogP contribution is -2.40. The minimum absolute atomic E-state index is 0.0115. The first-order chi connectivity index (χ1) is 7.93. The maximum atomic E-state index is 13.2. The molecule has 1 N–H and O–H groups in total. The third kappa shape index (κ3) is 2.21. The van der Waals surface area contributed by atoms with Crippen LogP contribution in [0.5, 0.6) is 0 Å². The van der Waals surface area contributed by atoms with Gasteiger partial charge in [0.2, 0.25) is 0 Å². The van der Waals surface area contributed by atoms with Crippen molar-refractivity contribution in [2.45, 2.75) is 38.7 Å². The molecule has 0 aliphatic heterocycles. The second kappa shape index (κ2) is 4.37. The normalized spacial score (nSPS) is 33.7. The summed E-state index contributed by atoms with van der Waals surface area (Å²) in [5, 5.41) is 10.7. The molecule has 0 heterocycles. The van der Waals surface area contributed by atoms with Crippen molar-refractivity contribution in [3.63, 3.8) is 0 Å². The van der Waals surface area contributed by atoms with Gasteiger partial charge in [-0.3, -0.25) is 0 Å². The fraction of sp³-hybridized carbons (Fsp3) is 0.571. The van der Waals surface area contributed by atoms with Crippen molar-refractivity contribution < 1.29 is 13.9 Å². The molecule has 0 saturated heterocycles.